The van der Waals surface area contributed by atoms with Gasteiger partial charge in [-0.15, -0.1) is 0 Å². The number of methoxy groups -OCH3 is 1. The van der Waals surface area contributed by atoms with Crippen LogP contribution in [0.2, 0.25) is 0 Å². The van der Waals surface area contributed by atoms with Crippen molar-refractivity contribution in [2.45, 2.75) is 50.6 Å². The number of hydrogen-bond acceptors (Lipinski definition) is 4. The van der Waals surface area contributed by atoms with Crippen molar-refractivity contribution >= 4 is 0 Å². The molecule has 2 N–H and O–H groups in total. The Hall–Kier alpha value is -0.160. The van der Waals surface area contributed by atoms with Gasteiger partial charge in [-0.1, -0.05) is 6.92 Å². The van der Waals surface area contributed by atoms with Crippen molar-refractivity contribution in [1.82, 2.24) is 9.80 Å². The van der Waals surface area contributed by atoms with Gasteiger partial charge in [0, 0.05) is 31.8 Å². The molecule has 19 heavy (non-hydrogen) atoms. The van der Waals surface area contributed by atoms with E-state index in [-0.39, 0.29) is 5.54 Å². The fourth-order valence-corrected chi connectivity index (χ4v) is 3.50. The molecule has 1 heterocycles. The van der Waals surface area contributed by atoms with Gasteiger partial charge in [-0.25, -0.2) is 0 Å². The zero-order chi connectivity index (χ0) is 13.7. The summed E-state index contributed by atoms with van der Waals surface area (Å²) in [6.45, 7) is 8.60. The molecular formula is C15H31N3O. The highest BCUT2D eigenvalue weighted by atomic mass is 16.5. The van der Waals surface area contributed by atoms with Crippen molar-refractivity contribution in [2.24, 2.45) is 5.73 Å². The van der Waals surface area contributed by atoms with Gasteiger partial charge in [0.05, 0.1) is 6.61 Å². The second-order valence-electron chi connectivity index (χ2n) is 6.19. The molecule has 1 saturated heterocycles. The molecular weight excluding hydrogens is 238 g/mol. The summed E-state index contributed by atoms with van der Waals surface area (Å²) in [6.07, 6.45) is 6.41. The lowest BCUT2D eigenvalue weighted by Crippen LogP contribution is -2.60. The van der Waals surface area contributed by atoms with Crippen molar-refractivity contribution in [2.75, 3.05) is 46.4 Å². The van der Waals surface area contributed by atoms with Gasteiger partial charge >= 0.3 is 0 Å². The number of likely N-dealkylation sites (tertiary alicyclic amines) is 1. The second kappa shape index (κ2) is 7.02. The standard InChI is InChI=1S/C15H31N3O/c1-3-8-17-9-6-15(13-16,7-10-17)18(11-12-19-2)14-4-5-14/h14H,3-13,16H2,1-2H3. The molecule has 2 rings (SSSR count). The maximum Gasteiger partial charge on any atom is 0.0590 e. The number of nitrogens with zero attached hydrogens (tertiary/aromatic N) is 2. The quantitative estimate of drug-likeness (QED) is 0.721. The molecule has 1 saturated carbocycles. The van der Waals surface area contributed by atoms with E-state index in [2.05, 4.69) is 16.7 Å². The topological polar surface area (TPSA) is 41.7 Å². The van der Waals surface area contributed by atoms with E-state index in [1.54, 1.807) is 7.11 Å². The van der Waals surface area contributed by atoms with Gasteiger partial charge in [-0.05, 0) is 51.7 Å². The summed E-state index contributed by atoms with van der Waals surface area (Å²) in [5.74, 6) is 0. The molecule has 0 spiro atoms. The molecule has 0 aromatic carbocycles. The summed E-state index contributed by atoms with van der Waals surface area (Å²) < 4.78 is 5.30. The second-order valence-corrected chi connectivity index (χ2v) is 6.19. The van der Waals surface area contributed by atoms with E-state index in [0.29, 0.717) is 0 Å². The predicted molar refractivity (Wildman–Crippen MR) is 79.4 cm³/mol. The average Bonchev–Trinajstić information content (AvgIpc) is 3.26. The summed E-state index contributed by atoms with van der Waals surface area (Å²) in [4.78, 5) is 5.27. The van der Waals surface area contributed by atoms with Crippen LogP contribution in [0.1, 0.15) is 39.0 Å². The Kier molecular flexibility index (Phi) is 5.63. The molecule has 0 bridgehead atoms. The monoisotopic (exact) mass is 269 g/mol. The van der Waals surface area contributed by atoms with Crippen molar-refractivity contribution in [3.63, 3.8) is 0 Å². The van der Waals surface area contributed by atoms with E-state index in [1.165, 1.54) is 51.7 Å². The molecule has 4 nitrogen and oxygen atoms in total. The average molecular weight is 269 g/mol. The first-order valence-corrected chi connectivity index (χ1v) is 7.94. The Morgan fingerprint density at radius 2 is 2.00 bits per heavy atom. The summed E-state index contributed by atoms with van der Waals surface area (Å²) in [5, 5.41) is 0. The Morgan fingerprint density at radius 1 is 1.32 bits per heavy atom. The molecule has 0 aromatic rings. The minimum atomic E-state index is 0.240. The van der Waals surface area contributed by atoms with Crippen LogP contribution in [-0.2, 0) is 4.74 Å². The zero-order valence-corrected chi connectivity index (χ0v) is 12.7. The minimum absolute atomic E-state index is 0.240. The molecule has 0 atom stereocenters. The van der Waals surface area contributed by atoms with Crippen LogP contribution in [0.3, 0.4) is 0 Å². The summed E-state index contributed by atoms with van der Waals surface area (Å²) in [7, 11) is 1.80. The maximum absolute atomic E-state index is 6.19. The first kappa shape index (κ1) is 15.2. The lowest BCUT2D eigenvalue weighted by atomic mass is 9.85. The van der Waals surface area contributed by atoms with Gasteiger partial charge in [0.25, 0.3) is 0 Å². The van der Waals surface area contributed by atoms with E-state index in [9.17, 15) is 0 Å². The maximum atomic E-state index is 6.19. The van der Waals surface area contributed by atoms with Crippen molar-refractivity contribution < 1.29 is 4.74 Å². The largest absolute Gasteiger partial charge is 0.383 e. The highest BCUT2D eigenvalue weighted by Crippen LogP contribution is 2.37. The molecule has 112 valence electrons. The third kappa shape index (κ3) is 3.69. The van der Waals surface area contributed by atoms with Crippen molar-refractivity contribution in [1.29, 1.82) is 0 Å². The molecule has 2 fully saturated rings. The number of nitrogens with two attached hydrogens (primary N) is 1. The number of piperidine rings is 1. The van der Waals surface area contributed by atoms with Gasteiger partial charge in [0.2, 0.25) is 0 Å². The highest BCUT2D eigenvalue weighted by molar-refractivity contribution is 5.02. The lowest BCUT2D eigenvalue weighted by molar-refractivity contribution is 0.00506. The summed E-state index contributed by atoms with van der Waals surface area (Å²) >= 11 is 0. The first-order chi connectivity index (χ1) is 9.25. The molecule has 4 heteroatoms. The third-order valence-corrected chi connectivity index (χ3v) is 4.84. The van der Waals surface area contributed by atoms with Crippen LogP contribution in [-0.4, -0.2) is 67.8 Å². The lowest BCUT2D eigenvalue weighted by Gasteiger charge is -2.49. The van der Waals surface area contributed by atoms with Crippen LogP contribution in [0.25, 0.3) is 0 Å². The van der Waals surface area contributed by atoms with Crippen LogP contribution in [0.5, 0.6) is 0 Å². The molecule has 2 aliphatic rings. The summed E-state index contributed by atoms with van der Waals surface area (Å²) in [5.41, 5.74) is 6.43. The normalized spacial score (nSPS) is 24.0. The number of hydrogen-bond donors (Lipinski definition) is 1. The first-order valence-electron chi connectivity index (χ1n) is 7.94. The number of rotatable bonds is 8. The third-order valence-electron chi connectivity index (χ3n) is 4.84. The van der Waals surface area contributed by atoms with Crippen LogP contribution in [0, 0.1) is 0 Å². The zero-order valence-electron chi connectivity index (χ0n) is 12.7. The Morgan fingerprint density at radius 3 is 2.47 bits per heavy atom. The fourth-order valence-electron chi connectivity index (χ4n) is 3.50. The Balaban J connectivity index is 1.96. The van der Waals surface area contributed by atoms with E-state index in [1.807, 2.05) is 0 Å². The Labute approximate surface area is 118 Å². The van der Waals surface area contributed by atoms with Crippen LogP contribution < -0.4 is 5.73 Å². The van der Waals surface area contributed by atoms with Gasteiger partial charge in [0.15, 0.2) is 0 Å². The molecule has 1 aliphatic heterocycles. The summed E-state index contributed by atoms with van der Waals surface area (Å²) in [6, 6.07) is 0.774. The van der Waals surface area contributed by atoms with Crippen molar-refractivity contribution in [3.05, 3.63) is 0 Å². The minimum Gasteiger partial charge on any atom is -0.383 e. The highest BCUT2D eigenvalue weighted by Gasteiger charge is 2.44. The van der Waals surface area contributed by atoms with E-state index >= 15 is 0 Å². The predicted octanol–water partition coefficient (Wildman–Crippen LogP) is 1.30. The smallest absolute Gasteiger partial charge is 0.0590 e. The van der Waals surface area contributed by atoms with Crippen LogP contribution >= 0.6 is 0 Å². The molecule has 0 aromatic heterocycles. The van der Waals surface area contributed by atoms with Crippen molar-refractivity contribution in [3.8, 4) is 0 Å². The number of ether oxygens (including phenoxy) is 1. The van der Waals surface area contributed by atoms with Gasteiger partial charge in [-0.2, -0.15) is 0 Å². The SMILES string of the molecule is CCCN1CCC(CN)(N(CCOC)C2CC2)CC1. The van der Waals surface area contributed by atoms with E-state index in [0.717, 1.165) is 25.7 Å². The molecule has 0 radical (unpaired) electrons. The fraction of sp³-hybridized carbons (Fsp3) is 1.00. The Bertz CT molecular complexity index is 260. The molecule has 1 aliphatic carbocycles. The van der Waals surface area contributed by atoms with Gasteiger partial charge in [0.1, 0.15) is 0 Å². The van der Waals surface area contributed by atoms with Crippen LogP contribution in [0.4, 0.5) is 0 Å². The van der Waals surface area contributed by atoms with Gasteiger partial charge in [-0.3, -0.25) is 4.90 Å². The molecule has 0 unspecified atom stereocenters. The van der Waals surface area contributed by atoms with E-state index in [4.69, 9.17) is 10.5 Å². The van der Waals surface area contributed by atoms with Gasteiger partial charge < -0.3 is 15.4 Å². The van der Waals surface area contributed by atoms with E-state index < -0.39 is 0 Å². The van der Waals surface area contributed by atoms with Crippen LogP contribution in [0.15, 0.2) is 0 Å². The molecule has 0 amide bonds.